The Kier molecular flexibility index (Phi) is 2.15. The SMILES string of the molecule is Cc1cccc(-c2[nH]cc3ccccc23)c1N. The molecule has 0 aliphatic heterocycles. The number of para-hydroxylation sites is 1. The van der Waals surface area contributed by atoms with E-state index in [2.05, 4.69) is 23.2 Å². The normalized spacial score (nSPS) is 10.9. The number of hydrogen-bond acceptors (Lipinski definition) is 1. The number of fused-ring (bicyclic) bond motifs is 1. The van der Waals surface area contributed by atoms with Gasteiger partial charge in [0.1, 0.15) is 0 Å². The lowest BCUT2D eigenvalue weighted by molar-refractivity contribution is 1.39. The van der Waals surface area contributed by atoms with Crippen molar-refractivity contribution in [3.05, 3.63) is 54.2 Å². The maximum atomic E-state index is 6.14. The van der Waals surface area contributed by atoms with Gasteiger partial charge in [0.15, 0.2) is 0 Å². The second-order valence-electron chi connectivity index (χ2n) is 4.29. The lowest BCUT2D eigenvalue weighted by Crippen LogP contribution is -1.93. The summed E-state index contributed by atoms with van der Waals surface area (Å²) < 4.78 is 0. The molecule has 1 aromatic heterocycles. The number of hydrogen-bond donors (Lipinski definition) is 2. The fraction of sp³-hybridized carbons (Fsp3) is 0.0667. The highest BCUT2D eigenvalue weighted by Crippen LogP contribution is 2.32. The molecular formula is C15H14N2. The summed E-state index contributed by atoms with van der Waals surface area (Å²) in [4.78, 5) is 3.32. The van der Waals surface area contributed by atoms with Crippen molar-refractivity contribution >= 4 is 16.5 Å². The molecule has 3 aromatic rings. The molecule has 84 valence electrons. The summed E-state index contributed by atoms with van der Waals surface area (Å²) >= 11 is 0. The van der Waals surface area contributed by atoms with Crippen LogP contribution in [0.5, 0.6) is 0 Å². The maximum Gasteiger partial charge on any atom is 0.0554 e. The highest BCUT2D eigenvalue weighted by molar-refractivity contribution is 5.98. The van der Waals surface area contributed by atoms with Crippen molar-refractivity contribution in [1.29, 1.82) is 0 Å². The Morgan fingerprint density at radius 1 is 1.00 bits per heavy atom. The van der Waals surface area contributed by atoms with E-state index in [9.17, 15) is 0 Å². The number of anilines is 1. The Morgan fingerprint density at radius 2 is 1.82 bits per heavy atom. The van der Waals surface area contributed by atoms with Gasteiger partial charge in [0.05, 0.1) is 5.69 Å². The van der Waals surface area contributed by atoms with Crippen LogP contribution in [0.3, 0.4) is 0 Å². The van der Waals surface area contributed by atoms with Gasteiger partial charge >= 0.3 is 0 Å². The van der Waals surface area contributed by atoms with E-state index in [1.165, 1.54) is 10.8 Å². The maximum absolute atomic E-state index is 6.14. The molecule has 2 heteroatoms. The zero-order valence-electron chi connectivity index (χ0n) is 9.70. The lowest BCUT2D eigenvalue weighted by Gasteiger charge is -2.07. The number of nitrogens with two attached hydrogens (primary N) is 1. The Balaban J connectivity index is 2.31. The molecule has 1 heterocycles. The summed E-state index contributed by atoms with van der Waals surface area (Å²) in [6, 6.07) is 14.4. The summed E-state index contributed by atoms with van der Waals surface area (Å²) in [5.41, 5.74) is 10.3. The summed E-state index contributed by atoms with van der Waals surface area (Å²) in [6.45, 7) is 2.03. The third-order valence-corrected chi connectivity index (χ3v) is 3.20. The minimum atomic E-state index is 0.847. The van der Waals surface area contributed by atoms with Crippen LogP contribution in [0.4, 0.5) is 5.69 Å². The minimum Gasteiger partial charge on any atom is -0.398 e. The van der Waals surface area contributed by atoms with E-state index in [0.717, 1.165) is 22.5 Å². The Labute approximate surface area is 100 Å². The molecule has 0 atom stereocenters. The molecule has 17 heavy (non-hydrogen) atoms. The van der Waals surface area contributed by atoms with E-state index in [4.69, 9.17) is 5.73 Å². The summed E-state index contributed by atoms with van der Waals surface area (Å²) in [5, 5.41) is 2.42. The van der Waals surface area contributed by atoms with Crippen LogP contribution >= 0.6 is 0 Å². The van der Waals surface area contributed by atoms with Gasteiger partial charge in [0.2, 0.25) is 0 Å². The van der Waals surface area contributed by atoms with Gasteiger partial charge in [-0.15, -0.1) is 0 Å². The van der Waals surface area contributed by atoms with Crippen molar-refractivity contribution in [3.8, 4) is 11.3 Å². The van der Waals surface area contributed by atoms with Gasteiger partial charge in [0.25, 0.3) is 0 Å². The summed E-state index contributed by atoms with van der Waals surface area (Å²) in [7, 11) is 0. The third kappa shape index (κ3) is 1.49. The highest BCUT2D eigenvalue weighted by atomic mass is 14.7. The summed E-state index contributed by atoms with van der Waals surface area (Å²) in [5.74, 6) is 0. The zero-order chi connectivity index (χ0) is 11.8. The van der Waals surface area contributed by atoms with E-state index < -0.39 is 0 Å². The standard InChI is InChI=1S/C15H14N2/c1-10-5-4-8-13(14(10)16)15-12-7-3-2-6-11(12)9-17-15/h2-9,17H,16H2,1H3. The molecule has 0 saturated heterocycles. The van der Waals surface area contributed by atoms with Gasteiger partial charge in [-0.1, -0.05) is 42.5 Å². The van der Waals surface area contributed by atoms with Crippen molar-refractivity contribution in [1.82, 2.24) is 4.98 Å². The number of aromatic amines is 1. The predicted molar refractivity (Wildman–Crippen MR) is 72.9 cm³/mol. The topological polar surface area (TPSA) is 41.8 Å². The van der Waals surface area contributed by atoms with Crippen LogP contribution in [0, 0.1) is 6.92 Å². The Hall–Kier alpha value is -2.22. The van der Waals surface area contributed by atoms with Crippen molar-refractivity contribution < 1.29 is 0 Å². The fourth-order valence-electron chi connectivity index (χ4n) is 2.20. The van der Waals surface area contributed by atoms with E-state index in [-0.39, 0.29) is 0 Å². The predicted octanol–water partition coefficient (Wildman–Crippen LogP) is 3.73. The Bertz CT molecular complexity index is 680. The van der Waals surface area contributed by atoms with Crippen LogP contribution in [0.2, 0.25) is 0 Å². The number of H-pyrrole nitrogens is 1. The van der Waals surface area contributed by atoms with Crippen LogP contribution in [-0.4, -0.2) is 4.98 Å². The Morgan fingerprint density at radius 3 is 2.71 bits per heavy atom. The number of rotatable bonds is 1. The molecule has 3 rings (SSSR count). The van der Waals surface area contributed by atoms with Crippen molar-refractivity contribution in [3.63, 3.8) is 0 Å². The van der Waals surface area contributed by atoms with Gasteiger partial charge in [-0.3, -0.25) is 0 Å². The van der Waals surface area contributed by atoms with E-state index >= 15 is 0 Å². The second-order valence-corrected chi connectivity index (χ2v) is 4.29. The average Bonchev–Trinajstić information content (AvgIpc) is 2.77. The average molecular weight is 222 g/mol. The number of nitrogens with one attached hydrogen (secondary N) is 1. The molecule has 0 amide bonds. The van der Waals surface area contributed by atoms with Gasteiger partial charge in [-0.25, -0.2) is 0 Å². The van der Waals surface area contributed by atoms with Crippen LogP contribution in [0.25, 0.3) is 22.0 Å². The molecular weight excluding hydrogens is 208 g/mol. The number of benzene rings is 2. The largest absolute Gasteiger partial charge is 0.398 e. The number of aryl methyl sites for hydroxylation is 1. The van der Waals surface area contributed by atoms with Crippen molar-refractivity contribution in [2.45, 2.75) is 6.92 Å². The second kappa shape index (κ2) is 3.67. The molecule has 2 aromatic carbocycles. The smallest absolute Gasteiger partial charge is 0.0554 e. The van der Waals surface area contributed by atoms with Gasteiger partial charge < -0.3 is 10.7 Å². The molecule has 0 aliphatic carbocycles. The zero-order valence-corrected chi connectivity index (χ0v) is 9.70. The molecule has 0 radical (unpaired) electrons. The van der Waals surface area contributed by atoms with E-state index in [1.54, 1.807) is 0 Å². The quantitative estimate of drug-likeness (QED) is 0.605. The lowest BCUT2D eigenvalue weighted by atomic mass is 10.0. The molecule has 3 N–H and O–H groups in total. The summed E-state index contributed by atoms with van der Waals surface area (Å²) in [6.07, 6.45) is 2.02. The van der Waals surface area contributed by atoms with Crippen LogP contribution in [0.1, 0.15) is 5.56 Å². The first-order valence-corrected chi connectivity index (χ1v) is 5.69. The van der Waals surface area contributed by atoms with Crippen molar-refractivity contribution in [2.75, 3.05) is 5.73 Å². The molecule has 0 bridgehead atoms. The number of aromatic nitrogens is 1. The minimum absolute atomic E-state index is 0.847. The highest BCUT2D eigenvalue weighted by Gasteiger charge is 2.09. The molecule has 2 nitrogen and oxygen atoms in total. The molecule has 0 fully saturated rings. The monoisotopic (exact) mass is 222 g/mol. The van der Waals surface area contributed by atoms with Crippen LogP contribution < -0.4 is 5.73 Å². The molecule has 0 unspecified atom stereocenters. The van der Waals surface area contributed by atoms with Crippen molar-refractivity contribution in [2.24, 2.45) is 0 Å². The molecule has 0 saturated carbocycles. The van der Waals surface area contributed by atoms with Gasteiger partial charge in [-0.2, -0.15) is 0 Å². The van der Waals surface area contributed by atoms with Gasteiger partial charge in [0, 0.05) is 22.8 Å². The van der Waals surface area contributed by atoms with Gasteiger partial charge in [-0.05, 0) is 17.9 Å². The van der Waals surface area contributed by atoms with E-state index in [1.807, 2.05) is 37.4 Å². The first-order chi connectivity index (χ1) is 8.27. The third-order valence-electron chi connectivity index (χ3n) is 3.20. The fourth-order valence-corrected chi connectivity index (χ4v) is 2.20. The molecule has 0 spiro atoms. The first-order valence-electron chi connectivity index (χ1n) is 5.69. The first kappa shape index (κ1) is 9.97. The number of nitrogen functional groups attached to an aromatic ring is 1. The van der Waals surface area contributed by atoms with E-state index in [0.29, 0.717) is 0 Å². The molecule has 0 aliphatic rings. The van der Waals surface area contributed by atoms with Crippen LogP contribution in [0.15, 0.2) is 48.7 Å². The van der Waals surface area contributed by atoms with Crippen LogP contribution in [-0.2, 0) is 0 Å².